The van der Waals surface area contributed by atoms with Crippen molar-refractivity contribution < 1.29 is 19.5 Å². The second-order valence-corrected chi connectivity index (χ2v) is 7.10. The van der Waals surface area contributed by atoms with Crippen LogP contribution in [0, 0.1) is 23.7 Å². The van der Waals surface area contributed by atoms with Crippen LogP contribution in [0.1, 0.15) is 22.6 Å². The smallest absolute Gasteiger partial charge is 0.307 e. The highest BCUT2D eigenvalue weighted by Gasteiger charge is 2.51. The number of hydrogen-bond acceptors (Lipinski definition) is 4. The number of allylic oxidation sites excluding steroid dienone is 2. The molecule has 1 fully saturated rings. The van der Waals surface area contributed by atoms with Gasteiger partial charge in [0, 0.05) is 30.7 Å². The van der Waals surface area contributed by atoms with E-state index in [0.717, 1.165) is 0 Å². The zero-order valence-corrected chi connectivity index (χ0v) is 14.7. The van der Waals surface area contributed by atoms with Crippen LogP contribution in [-0.4, -0.2) is 32.3 Å². The molecule has 0 radical (unpaired) electrons. The molecule has 7 nitrogen and oxygen atoms in total. The summed E-state index contributed by atoms with van der Waals surface area (Å²) in [7, 11) is 1.75. The Labute approximate surface area is 155 Å². The van der Waals surface area contributed by atoms with E-state index in [2.05, 4.69) is 10.3 Å². The summed E-state index contributed by atoms with van der Waals surface area (Å²) in [5.74, 6) is -2.42. The summed E-state index contributed by atoms with van der Waals surface area (Å²) in [6, 6.07) is 6.55. The highest BCUT2D eigenvalue weighted by atomic mass is 16.4. The van der Waals surface area contributed by atoms with Gasteiger partial charge >= 0.3 is 5.97 Å². The standard InChI is InChI=1S/C20H19N3O4/c1-23-9-8-21-18(23)17(24)11-4-6-14(7-5-11)22-19(25)15-12-2-3-13(10-12)16(15)20(26)27/h2-9,12-13,15-16H,10H2,1H3,(H,22,25)(H,26,27)/t12-,13-,15+,16+/m0/s1. The second kappa shape index (κ2) is 6.50. The largest absolute Gasteiger partial charge is 0.481 e. The molecule has 1 amide bonds. The normalized spacial score (nSPS) is 25.5. The van der Waals surface area contributed by atoms with Crippen LogP contribution in [0.3, 0.4) is 0 Å². The van der Waals surface area contributed by atoms with Crippen molar-refractivity contribution in [2.45, 2.75) is 6.42 Å². The van der Waals surface area contributed by atoms with Gasteiger partial charge in [0.15, 0.2) is 5.82 Å². The molecule has 2 aliphatic rings. The zero-order chi connectivity index (χ0) is 19.1. The lowest BCUT2D eigenvalue weighted by molar-refractivity contribution is -0.146. The number of nitrogens with one attached hydrogen (secondary N) is 1. The van der Waals surface area contributed by atoms with E-state index >= 15 is 0 Å². The third-order valence-electron chi connectivity index (χ3n) is 5.49. The number of carbonyl (C=O) groups excluding carboxylic acids is 2. The molecule has 0 saturated heterocycles. The first-order valence-electron chi connectivity index (χ1n) is 8.80. The van der Waals surface area contributed by atoms with Gasteiger partial charge in [-0.25, -0.2) is 4.98 Å². The Hall–Kier alpha value is -3.22. The summed E-state index contributed by atoms with van der Waals surface area (Å²) in [6.45, 7) is 0. The number of aryl methyl sites for hydroxylation is 1. The Balaban J connectivity index is 1.48. The molecular formula is C20H19N3O4. The molecule has 0 aliphatic heterocycles. The maximum Gasteiger partial charge on any atom is 0.307 e. The number of ketones is 1. The number of hydrogen-bond donors (Lipinski definition) is 2. The van der Waals surface area contributed by atoms with Crippen molar-refractivity contribution in [3.05, 3.63) is 60.2 Å². The Kier molecular flexibility index (Phi) is 4.14. The van der Waals surface area contributed by atoms with Gasteiger partial charge in [-0.05, 0) is 42.5 Å². The average molecular weight is 365 g/mol. The molecule has 138 valence electrons. The highest BCUT2D eigenvalue weighted by Crippen LogP contribution is 2.48. The average Bonchev–Trinajstić information content (AvgIpc) is 3.37. The molecule has 1 aromatic heterocycles. The van der Waals surface area contributed by atoms with E-state index in [-0.39, 0.29) is 23.5 Å². The monoisotopic (exact) mass is 365 g/mol. The molecule has 4 atom stereocenters. The van der Waals surface area contributed by atoms with Crippen LogP contribution in [0.5, 0.6) is 0 Å². The number of nitrogens with zero attached hydrogens (tertiary/aromatic N) is 2. The quantitative estimate of drug-likeness (QED) is 0.624. The van der Waals surface area contributed by atoms with Crippen LogP contribution in [-0.2, 0) is 16.6 Å². The van der Waals surface area contributed by atoms with Crippen molar-refractivity contribution in [3.63, 3.8) is 0 Å². The minimum Gasteiger partial charge on any atom is -0.481 e. The first-order chi connectivity index (χ1) is 13.0. The van der Waals surface area contributed by atoms with Crippen molar-refractivity contribution in [1.29, 1.82) is 0 Å². The number of benzene rings is 1. The first-order valence-corrected chi connectivity index (χ1v) is 8.80. The van der Waals surface area contributed by atoms with E-state index in [1.807, 2.05) is 12.2 Å². The number of amides is 1. The summed E-state index contributed by atoms with van der Waals surface area (Å²) in [5, 5.41) is 12.3. The van der Waals surface area contributed by atoms with Crippen LogP contribution in [0.4, 0.5) is 5.69 Å². The summed E-state index contributed by atoms with van der Waals surface area (Å²) in [6.07, 6.45) is 7.83. The second-order valence-electron chi connectivity index (χ2n) is 7.10. The van der Waals surface area contributed by atoms with Crippen molar-refractivity contribution in [3.8, 4) is 0 Å². The van der Waals surface area contributed by atoms with Gasteiger partial charge in [0.2, 0.25) is 11.7 Å². The van der Waals surface area contributed by atoms with Crippen molar-refractivity contribution >= 4 is 23.3 Å². The number of imidazole rings is 1. The predicted octanol–water partition coefficient (Wildman–Crippen LogP) is 2.11. The minimum atomic E-state index is -0.928. The van der Waals surface area contributed by atoms with E-state index < -0.39 is 17.8 Å². The van der Waals surface area contributed by atoms with Crippen LogP contribution in [0.2, 0.25) is 0 Å². The Morgan fingerprint density at radius 3 is 2.37 bits per heavy atom. The molecule has 27 heavy (non-hydrogen) atoms. The first kappa shape index (κ1) is 17.2. The van der Waals surface area contributed by atoms with Crippen LogP contribution < -0.4 is 5.32 Å². The topological polar surface area (TPSA) is 101 Å². The van der Waals surface area contributed by atoms with Gasteiger partial charge in [-0.1, -0.05) is 12.2 Å². The van der Waals surface area contributed by atoms with Crippen molar-refractivity contribution in [2.24, 2.45) is 30.7 Å². The van der Waals surface area contributed by atoms with Crippen LogP contribution in [0.25, 0.3) is 0 Å². The molecule has 1 heterocycles. The number of carboxylic acids is 1. The molecular weight excluding hydrogens is 346 g/mol. The lowest BCUT2D eigenvalue weighted by atomic mass is 9.82. The van der Waals surface area contributed by atoms with Gasteiger partial charge in [-0.2, -0.15) is 0 Å². The molecule has 2 aliphatic carbocycles. The van der Waals surface area contributed by atoms with Gasteiger partial charge in [-0.15, -0.1) is 0 Å². The van der Waals surface area contributed by atoms with E-state index in [0.29, 0.717) is 23.5 Å². The summed E-state index contributed by atoms with van der Waals surface area (Å²) >= 11 is 0. The molecule has 0 unspecified atom stereocenters. The molecule has 4 rings (SSSR count). The fourth-order valence-corrected chi connectivity index (χ4v) is 4.16. The number of aromatic nitrogens is 2. The molecule has 7 heteroatoms. The maximum atomic E-state index is 12.7. The summed E-state index contributed by atoms with van der Waals surface area (Å²) < 4.78 is 1.65. The van der Waals surface area contributed by atoms with Crippen molar-refractivity contribution in [2.75, 3.05) is 5.32 Å². The Morgan fingerprint density at radius 2 is 1.78 bits per heavy atom. The number of fused-ring (bicyclic) bond motifs is 2. The van der Waals surface area contributed by atoms with Gasteiger partial charge in [0.1, 0.15) is 0 Å². The van der Waals surface area contributed by atoms with Crippen LogP contribution in [0.15, 0.2) is 48.8 Å². The lowest BCUT2D eigenvalue weighted by Gasteiger charge is -2.23. The molecule has 2 N–H and O–H groups in total. The zero-order valence-electron chi connectivity index (χ0n) is 14.7. The Bertz CT molecular complexity index is 944. The number of carboxylic acid groups (broad SMARTS) is 1. The van der Waals surface area contributed by atoms with E-state index in [4.69, 9.17) is 0 Å². The SMILES string of the molecule is Cn1ccnc1C(=O)c1ccc(NC(=O)[C@H]2[C@H](C(=O)O)[C@H]3C=C[C@H]2C3)cc1. The van der Waals surface area contributed by atoms with E-state index in [9.17, 15) is 19.5 Å². The fourth-order valence-electron chi connectivity index (χ4n) is 4.16. The lowest BCUT2D eigenvalue weighted by Crippen LogP contribution is -2.36. The number of rotatable bonds is 5. The van der Waals surface area contributed by atoms with E-state index in [1.165, 1.54) is 0 Å². The number of anilines is 1. The predicted molar refractivity (Wildman–Crippen MR) is 97.1 cm³/mol. The third-order valence-corrected chi connectivity index (χ3v) is 5.49. The third kappa shape index (κ3) is 2.95. The van der Waals surface area contributed by atoms with Crippen LogP contribution >= 0.6 is 0 Å². The Morgan fingerprint density at radius 1 is 1.11 bits per heavy atom. The maximum absolute atomic E-state index is 12.7. The molecule has 2 bridgehead atoms. The summed E-state index contributed by atoms with van der Waals surface area (Å²) in [5.41, 5.74) is 1.00. The van der Waals surface area contributed by atoms with Gasteiger partial charge in [0.05, 0.1) is 11.8 Å². The van der Waals surface area contributed by atoms with E-state index in [1.54, 1.807) is 48.3 Å². The minimum absolute atomic E-state index is 0.0274. The molecule has 1 saturated carbocycles. The van der Waals surface area contributed by atoms with Gasteiger partial charge < -0.3 is 15.0 Å². The number of carbonyl (C=O) groups is 3. The number of aliphatic carboxylic acids is 1. The molecule has 2 aromatic rings. The van der Waals surface area contributed by atoms with Gasteiger partial charge in [-0.3, -0.25) is 14.4 Å². The molecule has 1 aromatic carbocycles. The highest BCUT2D eigenvalue weighted by molar-refractivity contribution is 6.07. The van der Waals surface area contributed by atoms with Crippen molar-refractivity contribution in [1.82, 2.24) is 9.55 Å². The summed E-state index contributed by atoms with van der Waals surface area (Å²) in [4.78, 5) is 40.7. The van der Waals surface area contributed by atoms with Gasteiger partial charge in [0.25, 0.3) is 0 Å². The fraction of sp³-hybridized carbons (Fsp3) is 0.300. The molecule has 0 spiro atoms.